The maximum Gasteiger partial charge on any atom is 0.412 e. The van der Waals surface area contributed by atoms with Crippen LogP contribution in [-0.2, 0) is 6.61 Å². The fourth-order valence-corrected chi connectivity index (χ4v) is 2.87. The second-order valence-corrected chi connectivity index (χ2v) is 6.30. The van der Waals surface area contributed by atoms with E-state index < -0.39 is 6.09 Å². The van der Waals surface area contributed by atoms with E-state index >= 15 is 0 Å². The summed E-state index contributed by atoms with van der Waals surface area (Å²) in [6.45, 7) is 4.49. The fourth-order valence-electron chi connectivity index (χ4n) is 2.87. The molecule has 1 aliphatic carbocycles. The number of carbonyl (C=O) groups is 1. The third kappa shape index (κ3) is 3.70. The molecule has 1 amide bonds. The summed E-state index contributed by atoms with van der Waals surface area (Å²) < 4.78 is 11.5. The molecule has 0 bridgehead atoms. The van der Waals surface area contributed by atoms with Gasteiger partial charge in [-0.2, -0.15) is 0 Å². The first-order valence-electron chi connectivity index (χ1n) is 8.30. The van der Waals surface area contributed by atoms with Crippen molar-refractivity contribution in [2.24, 2.45) is 0 Å². The van der Waals surface area contributed by atoms with Crippen molar-refractivity contribution in [1.82, 2.24) is 5.32 Å². The zero-order valence-electron chi connectivity index (χ0n) is 14.4. The summed E-state index contributed by atoms with van der Waals surface area (Å²) in [4.78, 5) is 11.6. The lowest BCUT2D eigenvalue weighted by Gasteiger charge is -2.16. The highest BCUT2D eigenvalue weighted by atomic mass is 16.6. The van der Waals surface area contributed by atoms with Gasteiger partial charge in [0.1, 0.15) is 18.1 Å². The molecule has 0 aromatic heterocycles. The fraction of sp³-hybridized carbons (Fsp3) is 0.350. The average Bonchev–Trinajstić information content (AvgIpc) is 3.39. The molecule has 1 aliphatic rings. The largest absolute Gasteiger partial charge is 0.488 e. The predicted molar refractivity (Wildman–Crippen MR) is 93.7 cm³/mol. The van der Waals surface area contributed by atoms with E-state index in [1.165, 1.54) is 24.0 Å². The number of amides is 1. The first-order valence-corrected chi connectivity index (χ1v) is 8.30. The minimum absolute atomic E-state index is 0.392. The van der Waals surface area contributed by atoms with Crippen LogP contribution >= 0.6 is 0 Å². The molecule has 4 heteroatoms. The molecule has 0 radical (unpaired) electrons. The standard InChI is InChI=1S/C20H23NO3/c1-13-7-10-18(14(2)11-13)23-12-17-16(15-8-9-15)5-4-6-19(17)24-20(22)21-3/h4-7,10-11,15H,8-9,12H2,1-3H3,(H,21,22). The van der Waals surface area contributed by atoms with Crippen LogP contribution in [0.3, 0.4) is 0 Å². The van der Waals surface area contributed by atoms with E-state index in [4.69, 9.17) is 9.47 Å². The van der Waals surface area contributed by atoms with E-state index in [0.717, 1.165) is 16.9 Å². The first kappa shape index (κ1) is 16.4. The Balaban J connectivity index is 1.85. The highest BCUT2D eigenvalue weighted by molar-refractivity contribution is 5.70. The SMILES string of the molecule is CNC(=O)Oc1cccc(C2CC2)c1COc1ccc(C)cc1C. The molecule has 126 valence electrons. The van der Waals surface area contributed by atoms with Crippen molar-refractivity contribution < 1.29 is 14.3 Å². The van der Waals surface area contributed by atoms with E-state index in [2.05, 4.69) is 24.4 Å². The molecule has 4 nitrogen and oxygen atoms in total. The molecule has 0 heterocycles. The van der Waals surface area contributed by atoms with Gasteiger partial charge < -0.3 is 14.8 Å². The number of nitrogens with one attached hydrogen (secondary N) is 1. The van der Waals surface area contributed by atoms with Gasteiger partial charge in [-0.25, -0.2) is 4.79 Å². The highest BCUT2D eigenvalue weighted by Crippen LogP contribution is 2.44. The van der Waals surface area contributed by atoms with Crippen LogP contribution in [0.5, 0.6) is 11.5 Å². The monoisotopic (exact) mass is 325 g/mol. The Morgan fingerprint density at radius 3 is 2.62 bits per heavy atom. The summed E-state index contributed by atoms with van der Waals surface area (Å²) in [5, 5.41) is 2.49. The zero-order valence-corrected chi connectivity index (χ0v) is 14.4. The molecule has 1 N–H and O–H groups in total. The molecular weight excluding hydrogens is 302 g/mol. The van der Waals surface area contributed by atoms with Gasteiger partial charge in [0.25, 0.3) is 0 Å². The smallest absolute Gasteiger partial charge is 0.412 e. The van der Waals surface area contributed by atoms with Gasteiger partial charge in [-0.05, 0) is 55.9 Å². The Labute approximate surface area is 142 Å². The minimum Gasteiger partial charge on any atom is -0.488 e. The molecule has 2 aromatic carbocycles. The summed E-state index contributed by atoms with van der Waals surface area (Å²) in [5.74, 6) is 1.98. The van der Waals surface area contributed by atoms with E-state index in [1.807, 2.05) is 31.2 Å². The number of aryl methyl sites for hydroxylation is 2. The molecule has 24 heavy (non-hydrogen) atoms. The highest BCUT2D eigenvalue weighted by Gasteiger charge is 2.28. The lowest BCUT2D eigenvalue weighted by Crippen LogP contribution is -2.23. The molecule has 1 saturated carbocycles. The molecule has 0 spiro atoms. The Hall–Kier alpha value is -2.49. The van der Waals surface area contributed by atoms with Gasteiger partial charge in [-0.1, -0.05) is 29.8 Å². The number of hydrogen-bond donors (Lipinski definition) is 1. The van der Waals surface area contributed by atoms with E-state index in [1.54, 1.807) is 7.05 Å². The Morgan fingerprint density at radius 1 is 1.17 bits per heavy atom. The second kappa shape index (κ2) is 6.95. The zero-order chi connectivity index (χ0) is 17.1. The van der Waals surface area contributed by atoms with Gasteiger partial charge in [-0.15, -0.1) is 0 Å². The molecular formula is C20H23NO3. The first-order chi connectivity index (χ1) is 11.6. The number of ether oxygens (including phenoxy) is 2. The van der Waals surface area contributed by atoms with Crippen LogP contribution in [0, 0.1) is 13.8 Å². The number of carbonyl (C=O) groups excluding carboxylic acids is 1. The molecule has 0 aliphatic heterocycles. The Kier molecular flexibility index (Phi) is 4.74. The van der Waals surface area contributed by atoms with Crippen LogP contribution in [0.1, 0.15) is 41.0 Å². The van der Waals surface area contributed by atoms with E-state index in [9.17, 15) is 4.79 Å². The normalized spacial score (nSPS) is 13.5. The van der Waals surface area contributed by atoms with Crippen molar-refractivity contribution in [3.05, 3.63) is 58.7 Å². The van der Waals surface area contributed by atoms with Crippen LogP contribution in [0.2, 0.25) is 0 Å². The quantitative estimate of drug-likeness (QED) is 0.882. The number of benzene rings is 2. The molecule has 0 saturated heterocycles. The Bertz CT molecular complexity index is 751. The molecule has 3 rings (SSSR count). The van der Waals surface area contributed by atoms with Crippen LogP contribution in [0.25, 0.3) is 0 Å². The van der Waals surface area contributed by atoms with Gasteiger partial charge >= 0.3 is 6.09 Å². The summed E-state index contributed by atoms with van der Waals surface area (Å²) in [5.41, 5.74) is 4.50. The van der Waals surface area contributed by atoms with Crippen LogP contribution in [-0.4, -0.2) is 13.1 Å². The lowest BCUT2D eigenvalue weighted by molar-refractivity contribution is 0.201. The van der Waals surface area contributed by atoms with Crippen molar-refractivity contribution in [2.75, 3.05) is 7.05 Å². The van der Waals surface area contributed by atoms with E-state index in [-0.39, 0.29) is 0 Å². The minimum atomic E-state index is -0.462. The summed E-state index contributed by atoms with van der Waals surface area (Å²) in [6.07, 6.45) is 1.90. The van der Waals surface area contributed by atoms with Gasteiger partial charge in [0.15, 0.2) is 0 Å². The average molecular weight is 325 g/mol. The molecule has 2 aromatic rings. The van der Waals surface area contributed by atoms with Crippen molar-refractivity contribution in [2.45, 2.75) is 39.2 Å². The topological polar surface area (TPSA) is 47.6 Å². The van der Waals surface area contributed by atoms with Gasteiger partial charge in [0.05, 0.1) is 0 Å². The van der Waals surface area contributed by atoms with Crippen LogP contribution in [0.15, 0.2) is 36.4 Å². The van der Waals surface area contributed by atoms with Crippen molar-refractivity contribution >= 4 is 6.09 Å². The summed E-state index contributed by atoms with van der Waals surface area (Å²) in [6, 6.07) is 12.0. The number of hydrogen-bond acceptors (Lipinski definition) is 3. The van der Waals surface area contributed by atoms with Crippen LogP contribution in [0.4, 0.5) is 4.79 Å². The van der Waals surface area contributed by atoms with Gasteiger partial charge in [-0.3, -0.25) is 0 Å². The maximum atomic E-state index is 11.6. The van der Waals surface area contributed by atoms with E-state index in [0.29, 0.717) is 18.3 Å². The van der Waals surface area contributed by atoms with Crippen LogP contribution < -0.4 is 14.8 Å². The van der Waals surface area contributed by atoms with Crippen molar-refractivity contribution in [3.8, 4) is 11.5 Å². The van der Waals surface area contributed by atoms with Crippen molar-refractivity contribution in [1.29, 1.82) is 0 Å². The summed E-state index contributed by atoms with van der Waals surface area (Å²) in [7, 11) is 1.55. The third-order valence-corrected chi connectivity index (χ3v) is 4.30. The van der Waals surface area contributed by atoms with Gasteiger partial charge in [0, 0.05) is 12.6 Å². The molecule has 0 unspecified atom stereocenters. The Morgan fingerprint density at radius 2 is 1.96 bits per heavy atom. The predicted octanol–water partition coefficient (Wildman–Crippen LogP) is 4.48. The maximum absolute atomic E-state index is 11.6. The molecule has 0 atom stereocenters. The summed E-state index contributed by atoms with van der Waals surface area (Å²) >= 11 is 0. The molecule has 1 fully saturated rings. The number of rotatable bonds is 5. The second-order valence-electron chi connectivity index (χ2n) is 6.30. The third-order valence-electron chi connectivity index (χ3n) is 4.30. The van der Waals surface area contributed by atoms with Crippen molar-refractivity contribution in [3.63, 3.8) is 0 Å². The lowest BCUT2D eigenvalue weighted by atomic mass is 10.0. The van der Waals surface area contributed by atoms with Gasteiger partial charge in [0.2, 0.25) is 0 Å².